The van der Waals surface area contributed by atoms with E-state index in [0.29, 0.717) is 0 Å². The molecule has 0 saturated heterocycles. The van der Waals surface area contributed by atoms with Gasteiger partial charge in [0.15, 0.2) is 0 Å². The maximum Gasteiger partial charge on any atom is 0.115 e. The molecule has 0 amide bonds. The third kappa shape index (κ3) is 1.83. The van der Waals surface area contributed by atoms with Crippen LogP contribution in [0.15, 0.2) is 42.6 Å². The van der Waals surface area contributed by atoms with Gasteiger partial charge >= 0.3 is 0 Å². The Bertz CT molecular complexity index is 726. The van der Waals surface area contributed by atoms with Gasteiger partial charge in [0.05, 0.1) is 17.9 Å². The van der Waals surface area contributed by atoms with Crippen molar-refractivity contribution in [2.24, 2.45) is 0 Å². The first kappa shape index (κ1) is 11.4. The van der Waals surface area contributed by atoms with Crippen molar-refractivity contribution in [2.75, 3.05) is 0 Å². The lowest BCUT2D eigenvalue weighted by Gasteiger charge is -2.07. The molecule has 1 aliphatic rings. The van der Waals surface area contributed by atoms with Crippen LogP contribution in [0.1, 0.15) is 16.8 Å². The molecule has 5 heteroatoms. The first-order chi connectivity index (χ1) is 9.92. The van der Waals surface area contributed by atoms with Crippen molar-refractivity contribution >= 4 is 0 Å². The molecule has 0 radical (unpaired) electrons. The van der Waals surface area contributed by atoms with Crippen LogP contribution in [-0.4, -0.2) is 20.0 Å². The summed E-state index contributed by atoms with van der Waals surface area (Å²) in [6.07, 6.45) is 1.84. The molecule has 4 rings (SSSR count). The fourth-order valence-corrected chi connectivity index (χ4v) is 2.68. The van der Waals surface area contributed by atoms with Crippen molar-refractivity contribution in [3.8, 4) is 11.4 Å². The van der Waals surface area contributed by atoms with E-state index in [2.05, 4.69) is 44.9 Å². The Labute approximate surface area is 116 Å². The van der Waals surface area contributed by atoms with Gasteiger partial charge in [-0.15, -0.1) is 0 Å². The predicted octanol–water partition coefficient (Wildman–Crippen LogP) is 1.92. The SMILES string of the molecule is c1ccc(Cn2nccc2-c2n[nH]c3c2CNC3)cc1. The lowest BCUT2D eigenvalue weighted by Crippen LogP contribution is -2.06. The van der Waals surface area contributed by atoms with E-state index in [1.807, 2.05) is 23.0 Å². The number of H-pyrrole nitrogens is 1. The zero-order valence-electron chi connectivity index (χ0n) is 11.0. The zero-order chi connectivity index (χ0) is 13.4. The van der Waals surface area contributed by atoms with E-state index in [9.17, 15) is 0 Å². The molecular weight excluding hydrogens is 250 g/mol. The molecule has 0 aliphatic carbocycles. The van der Waals surface area contributed by atoms with E-state index in [4.69, 9.17) is 0 Å². The molecule has 2 N–H and O–H groups in total. The Morgan fingerprint density at radius 1 is 1.10 bits per heavy atom. The minimum Gasteiger partial charge on any atom is -0.307 e. The second kappa shape index (κ2) is 4.61. The van der Waals surface area contributed by atoms with E-state index >= 15 is 0 Å². The number of aromatic amines is 1. The lowest BCUT2D eigenvalue weighted by molar-refractivity contribution is 0.689. The molecule has 2 aromatic heterocycles. The van der Waals surface area contributed by atoms with Crippen molar-refractivity contribution in [2.45, 2.75) is 19.6 Å². The van der Waals surface area contributed by atoms with E-state index < -0.39 is 0 Å². The summed E-state index contributed by atoms with van der Waals surface area (Å²) in [7, 11) is 0. The number of benzene rings is 1. The van der Waals surface area contributed by atoms with Gasteiger partial charge in [-0.1, -0.05) is 30.3 Å². The van der Waals surface area contributed by atoms with Gasteiger partial charge in [-0.05, 0) is 11.6 Å². The molecule has 0 atom stereocenters. The fraction of sp³-hybridized carbons (Fsp3) is 0.200. The summed E-state index contributed by atoms with van der Waals surface area (Å²) in [5, 5.41) is 15.3. The molecule has 20 heavy (non-hydrogen) atoms. The van der Waals surface area contributed by atoms with Gasteiger partial charge in [0.25, 0.3) is 0 Å². The van der Waals surface area contributed by atoms with E-state index in [-0.39, 0.29) is 0 Å². The van der Waals surface area contributed by atoms with Gasteiger partial charge < -0.3 is 5.32 Å². The summed E-state index contributed by atoms with van der Waals surface area (Å²) >= 11 is 0. The molecule has 0 fully saturated rings. The first-order valence-electron chi connectivity index (χ1n) is 6.75. The number of hydrogen-bond acceptors (Lipinski definition) is 3. The van der Waals surface area contributed by atoms with Crippen molar-refractivity contribution in [1.82, 2.24) is 25.3 Å². The van der Waals surface area contributed by atoms with Crippen LogP contribution in [0.25, 0.3) is 11.4 Å². The Morgan fingerprint density at radius 2 is 2.00 bits per heavy atom. The van der Waals surface area contributed by atoms with Gasteiger partial charge in [0.2, 0.25) is 0 Å². The number of hydrogen-bond donors (Lipinski definition) is 2. The molecule has 0 bridgehead atoms. The van der Waals surface area contributed by atoms with Gasteiger partial charge in [0.1, 0.15) is 5.69 Å². The summed E-state index contributed by atoms with van der Waals surface area (Å²) in [5.74, 6) is 0. The highest BCUT2D eigenvalue weighted by atomic mass is 15.3. The van der Waals surface area contributed by atoms with Crippen LogP contribution in [0.2, 0.25) is 0 Å². The Balaban J connectivity index is 1.71. The molecular formula is C15H15N5. The molecule has 0 saturated carbocycles. The minimum absolute atomic E-state index is 0.762. The predicted molar refractivity (Wildman–Crippen MR) is 75.9 cm³/mol. The molecule has 3 heterocycles. The van der Waals surface area contributed by atoms with Crippen molar-refractivity contribution in [3.63, 3.8) is 0 Å². The van der Waals surface area contributed by atoms with Crippen LogP contribution < -0.4 is 5.32 Å². The summed E-state index contributed by atoms with van der Waals surface area (Å²) in [4.78, 5) is 0. The highest BCUT2D eigenvalue weighted by molar-refractivity contribution is 5.61. The molecule has 5 nitrogen and oxygen atoms in total. The van der Waals surface area contributed by atoms with Crippen molar-refractivity contribution < 1.29 is 0 Å². The third-order valence-corrected chi connectivity index (χ3v) is 3.69. The van der Waals surface area contributed by atoms with E-state index in [1.54, 1.807) is 0 Å². The average molecular weight is 265 g/mol. The van der Waals surface area contributed by atoms with E-state index in [0.717, 1.165) is 31.0 Å². The highest BCUT2D eigenvalue weighted by Gasteiger charge is 2.21. The Kier molecular flexibility index (Phi) is 2.63. The third-order valence-electron chi connectivity index (χ3n) is 3.69. The molecule has 0 spiro atoms. The van der Waals surface area contributed by atoms with Crippen LogP contribution in [-0.2, 0) is 19.6 Å². The van der Waals surface area contributed by atoms with E-state index in [1.165, 1.54) is 16.8 Å². The van der Waals surface area contributed by atoms with Crippen molar-refractivity contribution in [1.29, 1.82) is 0 Å². The normalized spacial score (nSPS) is 13.6. The summed E-state index contributed by atoms with van der Waals surface area (Å²) < 4.78 is 2.00. The smallest absolute Gasteiger partial charge is 0.115 e. The maximum atomic E-state index is 4.46. The minimum atomic E-state index is 0.762. The lowest BCUT2D eigenvalue weighted by atomic mass is 10.1. The molecule has 100 valence electrons. The zero-order valence-corrected chi connectivity index (χ0v) is 11.0. The number of fused-ring (bicyclic) bond motifs is 1. The standard InChI is InChI=1S/C15H15N5/c1-2-4-11(5-3-1)10-20-14(6-7-17-20)15-12-8-16-9-13(12)18-19-15/h1-7,16H,8-10H2,(H,18,19). The molecule has 1 aromatic carbocycles. The molecule has 3 aromatic rings. The summed E-state index contributed by atoms with van der Waals surface area (Å²) in [5.41, 5.74) is 5.77. The largest absolute Gasteiger partial charge is 0.307 e. The Hall–Kier alpha value is -2.40. The second-order valence-electron chi connectivity index (χ2n) is 4.99. The molecule has 0 unspecified atom stereocenters. The van der Waals surface area contributed by atoms with Crippen LogP contribution >= 0.6 is 0 Å². The van der Waals surface area contributed by atoms with Crippen LogP contribution in [0.4, 0.5) is 0 Å². The van der Waals surface area contributed by atoms with Gasteiger partial charge in [-0.3, -0.25) is 9.78 Å². The second-order valence-corrected chi connectivity index (χ2v) is 4.99. The van der Waals surface area contributed by atoms with Gasteiger partial charge in [-0.2, -0.15) is 10.2 Å². The van der Waals surface area contributed by atoms with Crippen molar-refractivity contribution in [3.05, 3.63) is 59.4 Å². The summed E-state index contributed by atoms with van der Waals surface area (Å²) in [6.45, 7) is 2.51. The maximum absolute atomic E-state index is 4.46. The monoisotopic (exact) mass is 265 g/mol. The first-order valence-corrected chi connectivity index (χ1v) is 6.75. The average Bonchev–Trinajstić information content (AvgIpc) is 3.15. The Morgan fingerprint density at radius 3 is 2.90 bits per heavy atom. The quantitative estimate of drug-likeness (QED) is 0.760. The topological polar surface area (TPSA) is 58.5 Å². The highest BCUT2D eigenvalue weighted by Crippen LogP contribution is 2.26. The molecule has 1 aliphatic heterocycles. The van der Waals surface area contributed by atoms with Crippen LogP contribution in [0.5, 0.6) is 0 Å². The van der Waals surface area contributed by atoms with Gasteiger partial charge in [0, 0.05) is 24.8 Å². The number of nitrogens with zero attached hydrogens (tertiary/aromatic N) is 3. The van der Waals surface area contributed by atoms with Gasteiger partial charge in [-0.25, -0.2) is 0 Å². The fourth-order valence-electron chi connectivity index (χ4n) is 2.68. The summed E-state index contributed by atoms with van der Waals surface area (Å²) in [6, 6.07) is 12.4. The number of aromatic nitrogens is 4. The number of nitrogens with one attached hydrogen (secondary N) is 2. The van der Waals surface area contributed by atoms with Crippen LogP contribution in [0, 0.1) is 0 Å². The number of rotatable bonds is 3. The van der Waals surface area contributed by atoms with Crippen LogP contribution in [0.3, 0.4) is 0 Å².